The van der Waals surface area contributed by atoms with Gasteiger partial charge in [-0.15, -0.1) is 0 Å². The molecule has 2 unspecified atom stereocenters. The van der Waals surface area contributed by atoms with Gasteiger partial charge in [0.25, 0.3) is 0 Å². The number of amides is 2. The number of carbonyl (C=O) groups excluding carboxylic acids is 2. The van der Waals surface area contributed by atoms with E-state index in [0.717, 1.165) is 23.2 Å². The number of nitrogens with zero attached hydrogens (tertiary/aromatic N) is 3. The van der Waals surface area contributed by atoms with Crippen molar-refractivity contribution in [2.45, 2.75) is 31.8 Å². The Kier molecular flexibility index (Phi) is 5.37. The van der Waals surface area contributed by atoms with Crippen LogP contribution in [0.3, 0.4) is 0 Å². The fourth-order valence-corrected chi connectivity index (χ4v) is 3.28. The molecule has 2 amide bonds. The zero-order valence-corrected chi connectivity index (χ0v) is 15.4. The van der Waals surface area contributed by atoms with Crippen LogP contribution in [0.1, 0.15) is 30.0 Å². The number of aryl methyl sites for hydroxylation is 2. The molecule has 1 aromatic carbocycles. The molecule has 0 radical (unpaired) electrons. The van der Waals surface area contributed by atoms with Gasteiger partial charge in [0.15, 0.2) is 0 Å². The molecule has 2 heterocycles. The standard InChI is InChI=1S/C19H25N5O2/c1-13-6-8-15(9-7-13)24-10-4-5-16(19(24)26)22-18(25)17(20-2)14-11-21-23(3)12-14/h6-9,11-12,16-17,20H,4-5,10H2,1-3H3,(H,22,25). The van der Waals surface area contributed by atoms with E-state index in [0.29, 0.717) is 13.0 Å². The van der Waals surface area contributed by atoms with Crippen LogP contribution >= 0.6 is 0 Å². The summed E-state index contributed by atoms with van der Waals surface area (Å²) in [5.74, 6) is -0.279. The highest BCUT2D eigenvalue weighted by molar-refractivity contribution is 6.00. The average molecular weight is 355 g/mol. The van der Waals surface area contributed by atoms with Gasteiger partial charge in [-0.2, -0.15) is 5.10 Å². The molecule has 2 N–H and O–H groups in total. The lowest BCUT2D eigenvalue weighted by Gasteiger charge is -2.33. The summed E-state index contributed by atoms with van der Waals surface area (Å²) in [6.45, 7) is 2.69. The van der Waals surface area contributed by atoms with E-state index in [1.807, 2.05) is 31.2 Å². The van der Waals surface area contributed by atoms with E-state index >= 15 is 0 Å². The molecule has 7 heteroatoms. The van der Waals surface area contributed by atoms with Crippen LogP contribution in [0.4, 0.5) is 5.69 Å². The number of carbonyl (C=O) groups is 2. The molecule has 7 nitrogen and oxygen atoms in total. The Bertz CT molecular complexity index is 783. The van der Waals surface area contributed by atoms with Gasteiger partial charge in [0, 0.05) is 31.0 Å². The first-order chi connectivity index (χ1) is 12.5. The average Bonchev–Trinajstić information content (AvgIpc) is 3.04. The number of likely N-dealkylation sites (N-methyl/N-ethyl adjacent to an activating group) is 1. The molecule has 1 saturated heterocycles. The SMILES string of the molecule is CNC(C(=O)NC1CCCN(c2ccc(C)cc2)C1=O)c1cnn(C)c1. The maximum Gasteiger partial charge on any atom is 0.249 e. The van der Waals surface area contributed by atoms with Crippen molar-refractivity contribution >= 4 is 17.5 Å². The minimum Gasteiger partial charge on any atom is -0.343 e. The topological polar surface area (TPSA) is 79.3 Å². The summed E-state index contributed by atoms with van der Waals surface area (Å²) >= 11 is 0. The van der Waals surface area contributed by atoms with Crippen molar-refractivity contribution in [3.05, 3.63) is 47.8 Å². The number of hydrogen-bond acceptors (Lipinski definition) is 4. The Morgan fingerprint density at radius 2 is 2.04 bits per heavy atom. The van der Waals surface area contributed by atoms with Crippen molar-refractivity contribution in [3.63, 3.8) is 0 Å². The van der Waals surface area contributed by atoms with Gasteiger partial charge in [0.2, 0.25) is 11.8 Å². The summed E-state index contributed by atoms with van der Waals surface area (Å²) in [5, 5.41) is 10.0. The summed E-state index contributed by atoms with van der Waals surface area (Å²) < 4.78 is 1.65. The molecule has 3 rings (SSSR count). The molecule has 2 atom stereocenters. The molecule has 0 saturated carbocycles. The Morgan fingerprint density at radius 3 is 2.65 bits per heavy atom. The second-order valence-corrected chi connectivity index (χ2v) is 6.70. The highest BCUT2D eigenvalue weighted by Crippen LogP contribution is 2.22. The van der Waals surface area contributed by atoms with Crippen LogP contribution in [-0.4, -0.2) is 41.2 Å². The van der Waals surface area contributed by atoms with Crippen molar-refractivity contribution in [1.82, 2.24) is 20.4 Å². The first kappa shape index (κ1) is 18.1. The first-order valence-electron chi connectivity index (χ1n) is 8.84. The number of aromatic nitrogens is 2. The van der Waals surface area contributed by atoms with E-state index in [4.69, 9.17) is 0 Å². The minimum atomic E-state index is -0.536. The molecular formula is C19H25N5O2. The van der Waals surface area contributed by atoms with Crippen LogP contribution in [0.2, 0.25) is 0 Å². The molecule has 1 fully saturated rings. The normalized spacial score (nSPS) is 18.7. The predicted octanol–water partition coefficient (Wildman–Crippen LogP) is 1.30. The van der Waals surface area contributed by atoms with E-state index in [1.165, 1.54) is 0 Å². The number of nitrogens with one attached hydrogen (secondary N) is 2. The Morgan fingerprint density at radius 1 is 1.31 bits per heavy atom. The predicted molar refractivity (Wildman–Crippen MR) is 99.7 cm³/mol. The molecule has 1 aliphatic heterocycles. The van der Waals surface area contributed by atoms with Gasteiger partial charge in [-0.25, -0.2) is 0 Å². The monoisotopic (exact) mass is 355 g/mol. The Hall–Kier alpha value is -2.67. The molecule has 0 bridgehead atoms. The summed E-state index contributed by atoms with van der Waals surface area (Å²) in [7, 11) is 3.52. The van der Waals surface area contributed by atoms with Crippen LogP contribution in [-0.2, 0) is 16.6 Å². The van der Waals surface area contributed by atoms with Crippen molar-refractivity contribution < 1.29 is 9.59 Å². The first-order valence-corrected chi connectivity index (χ1v) is 8.84. The van der Waals surface area contributed by atoms with E-state index < -0.39 is 12.1 Å². The van der Waals surface area contributed by atoms with Crippen molar-refractivity contribution in [3.8, 4) is 0 Å². The maximum absolute atomic E-state index is 12.9. The zero-order valence-electron chi connectivity index (χ0n) is 15.4. The zero-order chi connectivity index (χ0) is 18.7. The second-order valence-electron chi connectivity index (χ2n) is 6.70. The minimum absolute atomic E-state index is 0.0607. The largest absolute Gasteiger partial charge is 0.343 e. The fraction of sp³-hybridized carbons (Fsp3) is 0.421. The van der Waals surface area contributed by atoms with Crippen LogP contribution in [0.25, 0.3) is 0 Å². The molecule has 26 heavy (non-hydrogen) atoms. The fourth-order valence-electron chi connectivity index (χ4n) is 3.28. The molecule has 1 aliphatic rings. The summed E-state index contributed by atoms with van der Waals surface area (Å²) in [5.41, 5.74) is 2.79. The van der Waals surface area contributed by atoms with E-state index in [9.17, 15) is 9.59 Å². The van der Waals surface area contributed by atoms with Gasteiger partial charge in [-0.1, -0.05) is 17.7 Å². The van der Waals surface area contributed by atoms with Crippen LogP contribution in [0.15, 0.2) is 36.7 Å². The number of anilines is 1. The van der Waals surface area contributed by atoms with Gasteiger partial charge in [-0.3, -0.25) is 14.3 Å². The lowest BCUT2D eigenvalue weighted by molar-refractivity contribution is -0.129. The highest BCUT2D eigenvalue weighted by Gasteiger charge is 2.32. The molecule has 1 aromatic heterocycles. The number of benzene rings is 1. The van der Waals surface area contributed by atoms with Crippen LogP contribution in [0.5, 0.6) is 0 Å². The van der Waals surface area contributed by atoms with E-state index in [2.05, 4.69) is 15.7 Å². The summed E-state index contributed by atoms with van der Waals surface area (Å²) in [6, 6.07) is 6.83. The second kappa shape index (κ2) is 7.70. The maximum atomic E-state index is 12.9. The van der Waals surface area contributed by atoms with Gasteiger partial charge in [-0.05, 0) is 38.9 Å². The summed E-state index contributed by atoms with van der Waals surface area (Å²) in [4.78, 5) is 27.3. The Labute approximate surface area is 153 Å². The molecule has 0 aliphatic carbocycles. The van der Waals surface area contributed by atoms with E-state index in [-0.39, 0.29) is 11.8 Å². The third kappa shape index (κ3) is 3.77. The van der Waals surface area contributed by atoms with Gasteiger partial charge in [0.05, 0.1) is 6.20 Å². The van der Waals surface area contributed by atoms with Crippen molar-refractivity contribution in [2.24, 2.45) is 7.05 Å². The molecular weight excluding hydrogens is 330 g/mol. The number of rotatable bonds is 5. The molecule has 138 valence electrons. The van der Waals surface area contributed by atoms with Gasteiger partial charge in [0.1, 0.15) is 12.1 Å². The molecule has 0 spiro atoms. The van der Waals surface area contributed by atoms with Gasteiger partial charge >= 0.3 is 0 Å². The highest BCUT2D eigenvalue weighted by atomic mass is 16.2. The summed E-state index contributed by atoms with van der Waals surface area (Å²) in [6.07, 6.45) is 4.95. The number of hydrogen-bond donors (Lipinski definition) is 2. The molecule has 2 aromatic rings. The van der Waals surface area contributed by atoms with Crippen LogP contribution in [0, 0.1) is 6.92 Å². The lowest BCUT2D eigenvalue weighted by atomic mass is 10.0. The van der Waals surface area contributed by atoms with Crippen molar-refractivity contribution in [2.75, 3.05) is 18.5 Å². The van der Waals surface area contributed by atoms with Crippen molar-refractivity contribution in [1.29, 1.82) is 0 Å². The third-order valence-corrected chi connectivity index (χ3v) is 4.71. The quantitative estimate of drug-likeness (QED) is 0.847. The lowest BCUT2D eigenvalue weighted by Crippen LogP contribution is -2.54. The number of piperidine rings is 1. The Balaban J connectivity index is 1.71. The smallest absolute Gasteiger partial charge is 0.249 e. The third-order valence-electron chi connectivity index (χ3n) is 4.71. The van der Waals surface area contributed by atoms with E-state index in [1.54, 1.807) is 36.1 Å². The van der Waals surface area contributed by atoms with Gasteiger partial charge < -0.3 is 15.5 Å². The van der Waals surface area contributed by atoms with Crippen LogP contribution < -0.4 is 15.5 Å².